The number of nitrogens with one attached hydrogen (secondary N) is 1. The molecule has 0 atom stereocenters. The van der Waals surface area contributed by atoms with E-state index in [0.717, 1.165) is 24.5 Å². The number of rotatable bonds is 3. The normalized spacial score (nSPS) is 14.4. The third-order valence-corrected chi connectivity index (χ3v) is 4.82. The van der Waals surface area contributed by atoms with E-state index in [1.54, 1.807) is 30.2 Å². The van der Waals surface area contributed by atoms with E-state index in [0.29, 0.717) is 28.8 Å². The first-order valence-electron chi connectivity index (χ1n) is 7.98. The molecule has 2 amide bonds. The molecule has 0 saturated carbocycles. The van der Waals surface area contributed by atoms with Crippen molar-refractivity contribution in [2.45, 2.75) is 0 Å². The summed E-state index contributed by atoms with van der Waals surface area (Å²) in [5, 5.41) is 3.65. The van der Waals surface area contributed by atoms with Gasteiger partial charge in [-0.05, 0) is 24.3 Å². The van der Waals surface area contributed by atoms with E-state index < -0.39 is 0 Å². The van der Waals surface area contributed by atoms with Crippen LogP contribution in [0.1, 0.15) is 0 Å². The molecule has 7 heteroatoms. The van der Waals surface area contributed by atoms with Gasteiger partial charge in [0.1, 0.15) is 5.75 Å². The molecule has 5 nitrogen and oxygen atoms in total. The fourth-order valence-corrected chi connectivity index (χ4v) is 3.34. The Labute approximate surface area is 157 Å². The van der Waals surface area contributed by atoms with Crippen molar-refractivity contribution in [2.75, 3.05) is 43.5 Å². The third kappa shape index (κ3) is 3.94. The van der Waals surface area contributed by atoms with E-state index in [2.05, 4.69) is 10.2 Å². The van der Waals surface area contributed by atoms with Crippen LogP contribution in [0, 0.1) is 0 Å². The van der Waals surface area contributed by atoms with Crippen molar-refractivity contribution >= 4 is 40.6 Å². The summed E-state index contributed by atoms with van der Waals surface area (Å²) in [5.74, 6) is 0.836. The van der Waals surface area contributed by atoms with Gasteiger partial charge in [0, 0.05) is 26.2 Å². The Hall–Kier alpha value is -2.11. The standard InChI is InChI=1S/C18H19Cl2N3O2/c1-25-16-8-3-2-7-15(16)22-9-11-23(12-10-22)18(24)21-17-13(19)5-4-6-14(17)20/h2-8H,9-12H2,1H3,(H,21,24). The van der Waals surface area contributed by atoms with Gasteiger partial charge < -0.3 is 19.9 Å². The van der Waals surface area contributed by atoms with Crippen molar-refractivity contribution in [1.29, 1.82) is 0 Å². The van der Waals surface area contributed by atoms with Gasteiger partial charge in [-0.2, -0.15) is 0 Å². The number of piperazine rings is 1. The van der Waals surface area contributed by atoms with E-state index >= 15 is 0 Å². The lowest BCUT2D eigenvalue weighted by Crippen LogP contribution is -2.50. The molecule has 2 aromatic carbocycles. The molecule has 3 rings (SSSR count). The molecule has 1 saturated heterocycles. The fraction of sp³-hybridized carbons (Fsp3) is 0.278. The Balaban J connectivity index is 1.63. The Kier molecular flexibility index (Phi) is 5.56. The second-order valence-electron chi connectivity index (χ2n) is 5.67. The summed E-state index contributed by atoms with van der Waals surface area (Å²) in [6.45, 7) is 2.66. The molecule has 1 aliphatic heterocycles. The zero-order valence-corrected chi connectivity index (χ0v) is 15.3. The number of halogens is 2. The number of anilines is 2. The molecule has 1 heterocycles. The summed E-state index contributed by atoms with van der Waals surface area (Å²) >= 11 is 12.2. The molecule has 25 heavy (non-hydrogen) atoms. The number of hydrogen-bond donors (Lipinski definition) is 1. The van der Waals surface area contributed by atoms with Crippen molar-refractivity contribution < 1.29 is 9.53 Å². The summed E-state index contributed by atoms with van der Waals surface area (Å²) in [6.07, 6.45) is 0. The van der Waals surface area contributed by atoms with Crippen LogP contribution < -0.4 is 15.0 Å². The lowest BCUT2D eigenvalue weighted by Gasteiger charge is -2.36. The van der Waals surface area contributed by atoms with Gasteiger partial charge in [-0.1, -0.05) is 41.4 Å². The van der Waals surface area contributed by atoms with Crippen molar-refractivity contribution in [3.05, 3.63) is 52.5 Å². The second-order valence-corrected chi connectivity index (χ2v) is 6.49. The van der Waals surface area contributed by atoms with Gasteiger partial charge in [0.05, 0.1) is 28.5 Å². The molecule has 0 aromatic heterocycles. The molecule has 1 fully saturated rings. The maximum Gasteiger partial charge on any atom is 0.322 e. The number of carbonyl (C=O) groups is 1. The van der Waals surface area contributed by atoms with E-state index in [1.807, 2.05) is 24.3 Å². The molecule has 132 valence electrons. The molecule has 0 unspecified atom stereocenters. The maximum atomic E-state index is 12.5. The summed E-state index contributed by atoms with van der Waals surface area (Å²) in [7, 11) is 1.66. The quantitative estimate of drug-likeness (QED) is 0.861. The summed E-state index contributed by atoms with van der Waals surface area (Å²) in [4.78, 5) is 16.5. The van der Waals surface area contributed by atoms with E-state index in [4.69, 9.17) is 27.9 Å². The highest BCUT2D eigenvalue weighted by molar-refractivity contribution is 6.39. The molecule has 0 bridgehead atoms. The molecule has 1 aliphatic rings. The first kappa shape index (κ1) is 17.7. The molecule has 1 N–H and O–H groups in total. The fourth-order valence-electron chi connectivity index (χ4n) is 2.84. The van der Waals surface area contributed by atoms with Crippen molar-refractivity contribution in [3.8, 4) is 5.75 Å². The van der Waals surface area contributed by atoms with Crippen LogP contribution in [0.4, 0.5) is 16.2 Å². The Morgan fingerprint density at radius 1 is 1.00 bits per heavy atom. The van der Waals surface area contributed by atoms with Gasteiger partial charge in [0.2, 0.25) is 0 Å². The lowest BCUT2D eigenvalue weighted by atomic mass is 10.2. The number of hydrogen-bond acceptors (Lipinski definition) is 3. The van der Waals surface area contributed by atoms with Crippen LogP contribution in [-0.2, 0) is 0 Å². The molecular weight excluding hydrogens is 361 g/mol. The van der Waals surface area contributed by atoms with Crippen molar-refractivity contribution in [3.63, 3.8) is 0 Å². The van der Waals surface area contributed by atoms with Crippen LogP contribution >= 0.6 is 23.2 Å². The number of amides is 2. The van der Waals surface area contributed by atoms with E-state index in [9.17, 15) is 4.79 Å². The number of methoxy groups -OCH3 is 1. The average Bonchev–Trinajstić information content (AvgIpc) is 2.65. The highest BCUT2D eigenvalue weighted by Crippen LogP contribution is 2.31. The van der Waals surface area contributed by atoms with Crippen LogP contribution in [0.15, 0.2) is 42.5 Å². The van der Waals surface area contributed by atoms with Gasteiger partial charge in [-0.15, -0.1) is 0 Å². The highest BCUT2D eigenvalue weighted by Gasteiger charge is 2.23. The van der Waals surface area contributed by atoms with Gasteiger partial charge in [0.25, 0.3) is 0 Å². The number of urea groups is 1. The minimum Gasteiger partial charge on any atom is -0.495 e. The second kappa shape index (κ2) is 7.85. The summed E-state index contributed by atoms with van der Waals surface area (Å²) in [6, 6.07) is 12.8. The van der Waals surface area contributed by atoms with Crippen molar-refractivity contribution in [1.82, 2.24) is 4.90 Å². The average molecular weight is 380 g/mol. The Bertz CT molecular complexity index is 741. The molecule has 0 aliphatic carbocycles. The molecule has 0 radical (unpaired) electrons. The highest BCUT2D eigenvalue weighted by atomic mass is 35.5. The van der Waals surface area contributed by atoms with E-state index in [-0.39, 0.29) is 6.03 Å². The minimum absolute atomic E-state index is 0.199. The summed E-state index contributed by atoms with van der Waals surface area (Å²) < 4.78 is 5.41. The number of carbonyl (C=O) groups excluding carboxylic acids is 1. The predicted molar refractivity (Wildman–Crippen MR) is 102 cm³/mol. The number of benzene rings is 2. The van der Waals surface area contributed by atoms with Crippen molar-refractivity contribution in [2.24, 2.45) is 0 Å². The van der Waals surface area contributed by atoms with Crippen LogP contribution in [0.2, 0.25) is 10.0 Å². The van der Waals surface area contributed by atoms with Gasteiger partial charge in [0.15, 0.2) is 0 Å². The number of para-hydroxylation sites is 3. The van der Waals surface area contributed by atoms with Crippen LogP contribution in [0.25, 0.3) is 0 Å². The smallest absolute Gasteiger partial charge is 0.322 e. The predicted octanol–water partition coefficient (Wildman–Crippen LogP) is 4.36. The Morgan fingerprint density at radius 2 is 1.64 bits per heavy atom. The van der Waals surface area contributed by atoms with Gasteiger partial charge in [-0.3, -0.25) is 0 Å². The summed E-state index contributed by atoms with van der Waals surface area (Å²) in [5.41, 5.74) is 1.49. The molecular formula is C18H19Cl2N3O2. The third-order valence-electron chi connectivity index (χ3n) is 4.19. The molecule has 0 spiro atoms. The number of nitrogens with zero attached hydrogens (tertiary/aromatic N) is 2. The largest absolute Gasteiger partial charge is 0.495 e. The maximum absolute atomic E-state index is 12.5. The lowest BCUT2D eigenvalue weighted by molar-refractivity contribution is 0.208. The van der Waals surface area contributed by atoms with Crippen LogP contribution in [0.5, 0.6) is 5.75 Å². The van der Waals surface area contributed by atoms with Crippen LogP contribution in [-0.4, -0.2) is 44.2 Å². The number of ether oxygens (including phenoxy) is 1. The topological polar surface area (TPSA) is 44.8 Å². The Morgan fingerprint density at radius 3 is 2.28 bits per heavy atom. The van der Waals surface area contributed by atoms with E-state index in [1.165, 1.54) is 0 Å². The van der Waals surface area contributed by atoms with Gasteiger partial charge >= 0.3 is 6.03 Å². The SMILES string of the molecule is COc1ccccc1N1CCN(C(=O)Nc2c(Cl)cccc2Cl)CC1. The first-order valence-corrected chi connectivity index (χ1v) is 8.73. The zero-order valence-electron chi connectivity index (χ0n) is 13.8. The zero-order chi connectivity index (χ0) is 17.8. The monoisotopic (exact) mass is 379 g/mol. The van der Waals surface area contributed by atoms with Crippen LogP contribution in [0.3, 0.4) is 0 Å². The molecule has 2 aromatic rings. The minimum atomic E-state index is -0.199. The van der Waals surface area contributed by atoms with Gasteiger partial charge in [-0.25, -0.2) is 4.79 Å². The first-order chi connectivity index (χ1) is 12.1.